The lowest BCUT2D eigenvalue weighted by Gasteiger charge is -2.30. The average Bonchev–Trinajstić information content (AvgIpc) is 3.30. The highest BCUT2D eigenvalue weighted by molar-refractivity contribution is 6.02. The van der Waals surface area contributed by atoms with E-state index in [2.05, 4.69) is 54.5 Å². The zero-order valence-corrected chi connectivity index (χ0v) is 40.7. The molecule has 0 aliphatic carbocycles. The number of carbonyl (C=O) groups is 8. The molecule has 0 aromatic rings. The van der Waals surface area contributed by atoms with Gasteiger partial charge in [0, 0.05) is 32.6 Å². The summed E-state index contributed by atoms with van der Waals surface area (Å²) in [6.07, 6.45) is 4.28. The smallest absolute Gasteiger partial charge is 0.268 e. The summed E-state index contributed by atoms with van der Waals surface area (Å²) in [6, 6.07) is -9.78. The zero-order valence-electron chi connectivity index (χ0n) is 40.7. The molecule has 1 heterocycles. The molecule has 25 heteroatoms. The Bertz CT molecular complexity index is 1710. The van der Waals surface area contributed by atoms with Crippen molar-refractivity contribution in [2.75, 3.05) is 32.7 Å². The third-order valence-corrected chi connectivity index (χ3v) is 11.2. The molecule has 25 nitrogen and oxygen atoms in total. The van der Waals surface area contributed by atoms with Crippen LogP contribution in [0.25, 0.3) is 0 Å². The third-order valence-electron chi connectivity index (χ3n) is 11.2. The second kappa shape index (κ2) is 33.9. The van der Waals surface area contributed by atoms with Crippen LogP contribution in [0, 0.1) is 5.92 Å². The fourth-order valence-electron chi connectivity index (χ4n) is 7.22. The number of aliphatic hydroxyl groups excluding tert-OH is 3. The van der Waals surface area contributed by atoms with Gasteiger partial charge in [0.05, 0.1) is 12.2 Å². The standard InChI is InChI=1S/C44H82N14O11/c1-5-7-8-9-10-11-12-13-14-17-33(62)56-36-32(61)24-51-41(67)34(30(59)22-46)58-43(69)35(31(60)23-47)57-39(65)27(16-15-20-50-44(48)49)53-40(66)29(21-25(3)4)55-38(64)28(18-19-45)54-37(63)26(6-2)52-42(36)68/h6,25,27-32,34-36,59-61H,5,7-24,45-47H2,1-4H3,(H,51,67)(H,52,68)(H,53,66)(H,54,63)(H,55,64)(H,56,62)(H,57,65)(H,58,69)(H4,48,49,50)/b26-6-. The number of nitrogens with zero attached hydrogens (tertiary/aromatic N) is 1. The van der Waals surface area contributed by atoms with Crippen LogP contribution in [0.3, 0.4) is 0 Å². The number of β-amino-alcohol motifs (C(OH)–C–C–N with tert-alkyl or cyclic N) is 1. The number of hydrogen-bond acceptors (Lipinski definition) is 15. The van der Waals surface area contributed by atoms with Gasteiger partial charge in [0.15, 0.2) is 5.96 Å². The first kappa shape index (κ1) is 61.5. The van der Waals surface area contributed by atoms with Crippen molar-refractivity contribution in [1.29, 1.82) is 0 Å². The molecule has 0 radical (unpaired) electrons. The maximum Gasteiger partial charge on any atom is 0.268 e. The summed E-state index contributed by atoms with van der Waals surface area (Å²) in [6.45, 7) is 4.97. The van der Waals surface area contributed by atoms with Gasteiger partial charge in [-0.1, -0.05) is 78.2 Å². The molecule has 1 fully saturated rings. The number of rotatable bonds is 23. The molecule has 1 aliphatic rings. The summed E-state index contributed by atoms with van der Waals surface area (Å²) in [5, 5.41) is 52.5. The Labute approximate surface area is 404 Å². The van der Waals surface area contributed by atoms with E-state index >= 15 is 0 Å². The number of aliphatic imine (C=N–C) groups is 1. The fourth-order valence-corrected chi connectivity index (χ4v) is 7.22. The van der Waals surface area contributed by atoms with Gasteiger partial charge in [-0.15, -0.1) is 0 Å². The fraction of sp³-hybridized carbons (Fsp3) is 0.750. The quantitative estimate of drug-likeness (QED) is 0.0198. The lowest BCUT2D eigenvalue weighted by atomic mass is 10.0. The Morgan fingerprint density at radius 1 is 0.710 bits per heavy atom. The van der Waals surface area contributed by atoms with E-state index in [0.29, 0.717) is 6.42 Å². The van der Waals surface area contributed by atoms with Gasteiger partial charge in [0.25, 0.3) is 5.91 Å². The molecule has 21 N–H and O–H groups in total. The Morgan fingerprint density at radius 3 is 1.78 bits per heavy atom. The normalized spacial score (nSPS) is 24.4. The van der Waals surface area contributed by atoms with Crippen LogP contribution in [0.1, 0.15) is 118 Å². The molecule has 9 atom stereocenters. The average molecular weight is 983 g/mol. The van der Waals surface area contributed by atoms with Crippen LogP contribution in [0.4, 0.5) is 0 Å². The minimum atomic E-state index is -1.91. The molecule has 0 bridgehead atoms. The molecule has 0 aromatic heterocycles. The van der Waals surface area contributed by atoms with E-state index in [9.17, 15) is 53.7 Å². The zero-order chi connectivity index (χ0) is 52.1. The number of hydrogen-bond donors (Lipinski definition) is 16. The van der Waals surface area contributed by atoms with Crippen molar-refractivity contribution in [3.8, 4) is 0 Å². The van der Waals surface area contributed by atoms with Crippen LogP contribution < -0.4 is 71.2 Å². The number of carbonyl (C=O) groups excluding carboxylic acids is 8. The van der Waals surface area contributed by atoms with Gasteiger partial charge in [-0.05, 0) is 51.5 Å². The topological polar surface area (TPSA) is 436 Å². The first-order chi connectivity index (χ1) is 32.7. The third kappa shape index (κ3) is 23.6. The van der Waals surface area contributed by atoms with Gasteiger partial charge in [0.2, 0.25) is 41.4 Å². The van der Waals surface area contributed by atoms with Gasteiger partial charge >= 0.3 is 0 Å². The highest BCUT2D eigenvalue weighted by Crippen LogP contribution is 2.12. The van der Waals surface area contributed by atoms with Crippen molar-refractivity contribution in [2.24, 2.45) is 39.6 Å². The van der Waals surface area contributed by atoms with Crippen molar-refractivity contribution < 1.29 is 53.7 Å². The summed E-state index contributed by atoms with van der Waals surface area (Å²) < 4.78 is 0. The number of guanidine groups is 1. The molecule has 0 saturated carbocycles. The molecule has 1 rings (SSSR count). The highest BCUT2D eigenvalue weighted by Gasteiger charge is 2.38. The monoisotopic (exact) mass is 983 g/mol. The number of allylic oxidation sites excluding steroid dienone is 1. The summed E-state index contributed by atoms with van der Waals surface area (Å²) in [7, 11) is 0. The minimum absolute atomic E-state index is 0.00748. The van der Waals surface area contributed by atoms with E-state index in [4.69, 9.17) is 28.7 Å². The maximum atomic E-state index is 14.0. The van der Waals surface area contributed by atoms with Crippen molar-refractivity contribution >= 4 is 53.2 Å². The van der Waals surface area contributed by atoms with Crippen molar-refractivity contribution in [2.45, 2.75) is 172 Å². The predicted octanol–water partition coefficient (Wildman–Crippen LogP) is -4.59. The molecular formula is C44H82N14O11. The van der Waals surface area contributed by atoms with E-state index in [0.717, 1.165) is 44.9 Å². The van der Waals surface area contributed by atoms with Crippen LogP contribution in [-0.2, 0) is 38.4 Å². The lowest BCUT2D eigenvalue weighted by Crippen LogP contribution is -2.64. The largest absolute Gasteiger partial charge is 0.389 e. The molecule has 1 aliphatic heterocycles. The summed E-state index contributed by atoms with van der Waals surface area (Å²) in [5.74, 6) is -8.28. The molecule has 0 spiro atoms. The van der Waals surface area contributed by atoms with Crippen molar-refractivity contribution in [1.82, 2.24) is 42.5 Å². The Kier molecular flexibility index (Phi) is 30.3. The number of nitrogens with two attached hydrogens (primary N) is 5. The number of unbranched alkanes of at least 4 members (excludes halogenated alkanes) is 8. The van der Waals surface area contributed by atoms with Crippen molar-refractivity contribution in [3.05, 3.63) is 11.8 Å². The van der Waals surface area contributed by atoms with Crippen LogP contribution in [0.15, 0.2) is 16.8 Å². The number of aliphatic hydroxyl groups is 3. The summed E-state index contributed by atoms with van der Waals surface area (Å²) in [5.41, 5.74) is 27.7. The van der Waals surface area contributed by atoms with Gasteiger partial charge in [-0.25, -0.2) is 0 Å². The minimum Gasteiger partial charge on any atom is -0.389 e. The van der Waals surface area contributed by atoms with Crippen LogP contribution in [-0.4, -0.2) is 156 Å². The summed E-state index contributed by atoms with van der Waals surface area (Å²) >= 11 is 0. The van der Waals surface area contributed by atoms with Gasteiger partial charge < -0.3 is 86.5 Å². The van der Waals surface area contributed by atoms with Crippen LogP contribution in [0.2, 0.25) is 0 Å². The molecule has 0 aromatic carbocycles. The second-order valence-electron chi connectivity index (χ2n) is 17.5. The Hall–Kier alpha value is -5.47. The van der Waals surface area contributed by atoms with Crippen LogP contribution >= 0.6 is 0 Å². The number of nitrogens with one attached hydrogen (secondary N) is 8. The SMILES string of the molecule is C/C=C1\NC(=O)C(NC(=O)CCCCCCCCCCC)C(O)CNC(=O)C(C(O)CN)NC(=O)C(C(O)CN)NC(=O)C(CCCN=C(N)N)NC(=O)C(CC(C)C)NC(=O)C(CCN)NC1=O. The molecule has 8 amide bonds. The second-order valence-corrected chi connectivity index (χ2v) is 17.5. The van der Waals surface area contributed by atoms with Gasteiger partial charge in [-0.3, -0.25) is 43.3 Å². The molecule has 69 heavy (non-hydrogen) atoms. The van der Waals surface area contributed by atoms with E-state index in [1.807, 2.05) is 0 Å². The van der Waals surface area contributed by atoms with E-state index in [1.165, 1.54) is 19.4 Å². The molecule has 9 unspecified atom stereocenters. The molecular weight excluding hydrogens is 901 g/mol. The molecule has 394 valence electrons. The Balaban J connectivity index is 3.78. The summed E-state index contributed by atoms with van der Waals surface area (Å²) in [4.78, 5) is 114. The van der Waals surface area contributed by atoms with E-state index in [1.54, 1.807) is 13.8 Å². The lowest BCUT2D eigenvalue weighted by molar-refractivity contribution is -0.138. The van der Waals surface area contributed by atoms with E-state index < -0.39 is 127 Å². The van der Waals surface area contributed by atoms with Gasteiger partial charge in [-0.2, -0.15) is 0 Å². The highest BCUT2D eigenvalue weighted by atomic mass is 16.3. The van der Waals surface area contributed by atoms with Gasteiger partial charge in [0.1, 0.15) is 48.1 Å². The maximum absolute atomic E-state index is 14.0. The van der Waals surface area contributed by atoms with Crippen LogP contribution in [0.5, 0.6) is 0 Å². The first-order valence-corrected chi connectivity index (χ1v) is 24.0. The predicted molar refractivity (Wildman–Crippen MR) is 258 cm³/mol. The van der Waals surface area contributed by atoms with E-state index in [-0.39, 0.29) is 57.1 Å². The van der Waals surface area contributed by atoms with Crippen molar-refractivity contribution in [3.63, 3.8) is 0 Å². The first-order valence-electron chi connectivity index (χ1n) is 24.0. The Morgan fingerprint density at radius 2 is 1.23 bits per heavy atom. The number of amides is 8. The molecule has 1 saturated heterocycles.